The van der Waals surface area contributed by atoms with Gasteiger partial charge in [0.2, 0.25) is 0 Å². The monoisotopic (exact) mass is 417 g/mol. The number of carbonyl (C=O) groups excluding carboxylic acids is 2. The molecule has 6 nitrogen and oxygen atoms in total. The van der Waals surface area contributed by atoms with Gasteiger partial charge < -0.3 is 19.5 Å². The number of nitrogens with one attached hydrogen (secondary N) is 1. The average Bonchev–Trinajstić information content (AvgIpc) is 2.60. The molecular weight excluding hydrogens is 405 g/mol. The van der Waals surface area contributed by atoms with Crippen molar-refractivity contribution in [1.82, 2.24) is 0 Å². The maximum Gasteiger partial charge on any atom is 0.340 e. The van der Waals surface area contributed by atoms with Gasteiger partial charge in [0.1, 0.15) is 11.5 Å². The van der Waals surface area contributed by atoms with Crippen LogP contribution in [0.1, 0.15) is 10.4 Å². The zero-order valence-corrected chi connectivity index (χ0v) is 16.0. The van der Waals surface area contributed by atoms with Gasteiger partial charge in [-0.15, -0.1) is 0 Å². The van der Waals surface area contributed by atoms with Gasteiger partial charge in [0.15, 0.2) is 6.61 Å². The van der Waals surface area contributed by atoms with Gasteiger partial charge in [-0.25, -0.2) is 4.79 Å². The molecular formula is C17H14Cl3NO5. The molecule has 0 bridgehead atoms. The van der Waals surface area contributed by atoms with E-state index >= 15 is 0 Å². The first-order valence-electron chi connectivity index (χ1n) is 7.19. The van der Waals surface area contributed by atoms with E-state index in [2.05, 4.69) is 5.32 Å². The second-order valence-corrected chi connectivity index (χ2v) is 6.19. The number of amides is 1. The molecule has 138 valence electrons. The number of hydrogen-bond acceptors (Lipinski definition) is 5. The van der Waals surface area contributed by atoms with Gasteiger partial charge in [0, 0.05) is 11.1 Å². The van der Waals surface area contributed by atoms with E-state index in [0.29, 0.717) is 22.2 Å². The van der Waals surface area contributed by atoms with Gasteiger partial charge in [-0.05, 0) is 24.3 Å². The van der Waals surface area contributed by atoms with E-state index < -0.39 is 18.5 Å². The Balaban J connectivity index is 2.03. The molecule has 0 aliphatic heterocycles. The van der Waals surface area contributed by atoms with Gasteiger partial charge in [-0.3, -0.25) is 4.79 Å². The molecule has 0 heterocycles. The molecule has 0 atom stereocenters. The Morgan fingerprint density at radius 1 is 0.962 bits per heavy atom. The Labute approximate surface area is 164 Å². The molecule has 9 heteroatoms. The third-order valence-electron chi connectivity index (χ3n) is 3.23. The van der Waals surface area contributed by atoms with Crippen LogP contribution in [0.15, 0.2) is 30.3 Å². The van der Waals surface area contributed by atoms with Gasteiger partial charge in [0.25, 0.3) is 5.91 Å². The van der Waals surface area contributed by atoms with Gasteiger partial charge >= 0.3 is 5.97 Å². The molecule has 0 aliphatic carbocycles. The summed E-state index contributed by atoms with van der Waals surface area (Å²) in [5.74, 6) is -0.596. The Morgan fingerprint density at radius 3 is 2.27 bits per heavy atom. The summed E-state index contributed by atoms with van der Waals surface area (Å²) in [6.45, 7) is -0.523. The predicted molar refractivity (Wildman–Crippen MR) is 99.9 cm³/mol. The van der Waals surface area contributed by atoms with Crippen LogP contribution < -0.4 is 14.8 Å². The Hall–Kier alpha value is -2.15. The predicted octanol–water partition coefficient (Wildman–Crippen LogP) is 4.46. The zero-order chi connectivity index (χ0) is 19.3. The molecule has 0 saturated heterocycles. The Morgan fingerprint density at radius 2 is 1.65 bits per heavy atom. The Kier molecular flexibility index (Phi) is 6.97. The van der Waals surface area contributed by atoms with Crippen LogP contribution in [0, 0.1) is 0 Å². The highest BCUT2D eigenvalue weighted by Gasteiger charge is 2.16. The van der Waals surface area contributed by atoms with Crippen molar-refractivity contribution in [2.75, 3.05) is 26.1 Å². The van der Waals surface area contributed by atoms with E-state index in [1.54, 1.807) is 0 Å². The molecule has 0 unspecified atom stereocenters. The normalized spacial score (nSPS) is 10.2. The topological polar surface area (TPSA) is 73.9 Å². The van der Waals surface area contributed by atoms with Crippen molar-refractivity contribution < 1.29 is 23.8 Å². The summed E-state index contributed by atoms with van der Waals surface area (Å²) in [6, 6.07) is 7.31. The molecule has 0 fully saturated rings. The summed E-state index contributed by atoms with van der Waals surface area (Å²) in [5.41, 5.74) is 0.415. The molecule has 1 amide bonds. The Bertz CT molecular complexity index is 841. The van der Waals surface area contributed by atoms with Crippen LogP contribution in [0.5, 0.6) is 11.5 Å². The fraction of sp³-hybridized carbons (Fsp3) is 0.176. The molecule has 0 radical (unpaired) electrons. The number of esters is 1. The number of benzene rings is 2. The van der Waals surface area contributed by atoms with E-state index in [1.165, 1.54) is 44.6 Å². The highest BCUT2D eigenvalue weighted by Crippen LogP contribution is 2.35. The van der Waals surface area contributed by atoms with Crippen molar-refractivity contribution in [2.45, 2.75) is 0 Å². The van der Waals surface area contributed by atoms with Crippen molar-refractivity contribution >= 4 is 52.4 Å². The standard InChI is InChI=1S/C17H14Cl3NO5/c1-24-14-7-15(25-2)13(6-12(14)20)21-16(22)8-26-17(23)10-4-3-9(18)5-11(10)19/h3-7H,8H2,1-2H3,(H,21,22). The summed E-state index contributed by atoms with van der Waals surface area (Å²) in [4.78, 5) is 24.1. The second-order valence-electron chi connectivity index (χ2n) is 4.94. The SMILES string of the molecule is COc1cc(OC)c(NC(=O)COC(=O)c2ccc(Cl)cc2Cl)cc1Cl. The van der Waals surface area contributed by atoms with Gasteiger partial charge in [0.05, 0.1) is 35.5 Å². The molecule has 1 N–H and O–H groups in total. The fourth-order valence-corrected chi connectivity index (χ4v) is 2.73. The lowest BCUT2D eigenvalue weighted by Crippen LogP contribution is -2.21. The minimum Gasteiger partial charge on any atom is -0.495 e. The molecule has 0 saturated carbocycles. The molecule has 0 aromatic heterocycles. The van der Waals surface area contributed by atoms with Crippen LogP contribution >= 0.6 is 34.8 Å². The summed E-state index contributed by atoms with van der Waals surface area (Å²) in [6.07, 6.45) is 0. The molecule has 2 aromatic carbocycles. The largest absolute Gasteiger partial charge is 0.495 e. The number of methoxy groups -OCH3 is 2. The maximum atomic E-state index is 12.0. The van der Waals surface area contributed by atoms with Crippen molar-refractivity contribution in [3.63, 3.8) is 0 Å². The number of rotatable bonds is 6. The third kappa shape index (κ3) is 4.94. The van der Waals surface area contributed by atoms with Crippen molar-refractivity contribution in [3.05, 3.63) is 51.0 Å². The van der Waals surface area contributed by atoms with Crippen molar-refractivity contribution in [3.8, 4) is 11.5 Å². The number of ether oxygens (including phenoxy) is 3. The molecule has 0 spiro atoms. The van der Waals surface area contributed by atoms with Crippen LogP contribution in [0.25, 0.3) is 0 Å². The minimum absolute atomic E-state index is 0.105. The van der Waals surface area contributed by atoms with Crippen LogP contribution in [0.3, 0.4) is 0 Å². The van der Waals surface area contributed by atoms with E-state index in [9.17, 15) is 9.59 Å². The second kappa shape index (κ2) is 8.98. The van der Waals surface area contributed by atoms with E-state index in [4.69, 9.17) is 49.0 Å². The summed E-state index contributed by atoms with van der Waals surface area (Å²) >= 11 is 17.7. The number of anilines is 1. The highest BCUT2D eigenvalue weighted by atomic mass is 35.5. The maximum absolute atomic E-state index is 12.0. The van der Waals surface area contributed by atoms with Crippen LogP contribution in [0.4, 0.5) is 5.69 Å². The summed E-state index contributed by atoms with van der Waals surface area (Å²) < 4.78 is 15.2. The summed E-state index contributed by atoms with van der Waals surface area (Å²) in [5, 5.41) is 3.35. The molecule has 2 aromatic rings. The zero-order valence-electron chi connectivity index (χ0n) is 13.8. The first-order valence-corrected chi connectivity index (χ1v) is 8.32. The lowest BCUT2D eigenvalue weighted by molar-refractivity contribution is -0.119. The van der Waals surface area contributed by atoms with E-state index in [1.807, 2.05) is 0 Å². The number of hydrogen-bond donors (Lipinski definition) is 1. The quantitative estimate of drug-likeness (QED) is 0.701. The number of carbonyl (C=O) groups is 2. The van der Waals surface area contributed by atoms with Crippen LogP contribution in [0.2, 0.25) is 15.1 Å². The van der Waals surface area contributed by atoms with Crippen LogP contribution in [-0.2, 0) is 9.53 Å². The fourth-order valence-electron chi connectivity index (χ4n) is 2.01. The van der Waals surface area contributed by atoms with Gasteiger partial charge in [-0.2, -0.15) is 0 Å². The first-order chi connectivity index (χ1) is 12.3. The van der Waals surface area contributed by atoms with Gasteiger partial charge in [-0.1, -0.05) is 34.8 Å². The lowest BCUT2D eigenvalue weighted by Gasteiger charge is -2.13. The number of halogens is 3. The van der Waals surface area contributed by atoms with Crippen molar-refractivity contribution in [1.29, 1.82) is 0 Å². The van der Waals surface area contributed by atoms with Crippen molar-refractivity contribution in [2.24, 2.45) is 0 Å². The first kappa shape index (κ1) is 20.2. The smallest absolute Gasteiger partial charge is 0.340 e. The third-order valence-corrected chi connectivity index (χ3v) is 4.08. The van der Waals surface area contributed by atoms with E-state index in [-0.39, 0.29) is 15.6 Å². The molecule has 2 rings (SSSR count). The lowest BCUT2D eigenvalue weighted by atomic mass is 10.2. The van der Waals surface area contributed by atoms with Crippen LogP contribution in [-0.4, -0.2) is 32.7 Å². The molecule has 0 aliphatic rings. The molecule has 26 heavy (non-hydrogen) atoms. The minimum atomic E-state index is -0.749. The summed E-state index contributed by atoms with van der Waals surface area (Å²) in [7, 11) is 2.89. The highest BCUT2D eigenvalue weighted by molar-refractivity contribution is 6.36. The van der Waals surface area contributed by atoms with E-state index in [0.717, 1.165) is 0 Å². The average molecular weight is 419 g/mol.